The number of aromatic nitrogens is 2. The van der Waals surface area contributed by atoms with Crippen molar-refractivity contribution in [1.29, 1.82) is 0 Å². The van der Waals surface area contributed by atoms with Crippen LogP contribution in [0.15, 0.2) is 35.3 Å². The van der Waals surface area contributed by atoms with E-state index in [0.29, 0.717) is 18.7 Å². The molecule has 0 radical (unpaired) electrons. The Bertz CT molecular complexity index is 650. The zero-order valence-corrected chi connectivity index (χ0v) is 9.89. The largest absolute Gasteiger partial charge is 0.477 e. The Morgan fingerprint density at radius 3 is 2.53 bits per heavy atom. The third-order valence-electron chi connectivity index (χ3n) is 2.65. The van der Waals surface area contributed by atoms with Crippen molar-refractivity contribution in [1.82, 2.24) is 9.97 Å². The molecule has 0 amide bonds. The highest BCUT2D eigenvalue weighted by atomic mass is 19.1. The molecule has 1 aromatic heterocycles. The van der Waals surface area contributed by atoms with Gasteiger partial charge in [0, 0.05) is 12.6 Å². The van der Waals surface area contributed by atoms with Crippen LogP contribution in [-0.4, -0.2) is 21.0 Å². The summed E-state index contributed by atoms with van der Waals surface area (Å²) in [4.78, 5) is 28.4. The number of hydrogen-bond acceptors (Lipinski definition) is 3. The molecule has 0 saturated heterocycles. The topological polar surface area (TPSA) is 83.0 Å². The molecule has 2 aromatic rings. The van der Waals surface area contributed by atoms with Crippen molar-refractivity contribution in [3.05, 3.63) is 63.6 Å². The Kier molecular flexibility index (Phi) is 3.70. The zero-order valence-electron chi connectivity index (χ0n) is 9.89. The van der Waals surface area contributed by atoms with Crippen molar-refractivity contribution >= 4 is 5.97 Å². The summed E-state index contributed by atoms with van der Waals surface area (Å²) in [6, 6.07) is 6.02. The number of H-pyrrole nitrogens is 1. The van der Waals surface area contributed by atoms with E-state index >= 15 is 0 Å². The van der Waals surface area contributed by atoms with Crippen molar-refractivity contribution < 1.29 is 14.3 Å². The number of carboxylic acids is 1. The second-order valence-electron chi connectivity index (χ2n) is 4.00. The molecule has 5 nitrogen and oxygen atoms in total. The number of hydrogen-bond donors (Lipinski definition) is 2. The van der Waals surface area contributed by atoms with Gasteiger partial charge in [0.25, 0.3) is 5.56 Å². The van der Waals surface area contributed by atoms with Gasteiger partial charge in [0.2, 0.25) is 0 Å². The summed E-state index contributed by atoms with van der Waals surface area (Å²) in [5.74, 6) is -1.21. The standard InChI is InChI=1S/C13H11FN2O3/c14-9-4-1-8(2-5-9)3-6-11-15-7-10(13(18)19)12(17)16-11/h1-2,4-5,7H,3,6H2,(H,18,19)(H,15,16,17). The minimum Gasteiger partial charge on any atom is -0.477 e. The molecule has 1 aromatic carbocycles. The van der Waals surface area contributed by atoms with Gasteiger partial charge in [-0.15, -0.1) is 0 Å². The van der Waals surface area contributed by atoms with Crippen molar-refractivity contribution in [2.45, 2.75) is 12.8 Å². The Morgan fingerprint density at radius 2 is 1.95 bits per heavy atom. The minimum atomic E-state index is -1.31. The normalized spacial score (nSPS) is 10.4. The summed E-state index contributed by atoms with van der Waals surface area (Å²) < 4.78 is 12.7. The van der Waals surface area contributed by atoms with Gasteiger partial charge in [0.05, 0.1) is 0 Å². The zero-order chi connectivity index (χ0) is 13.8. The highest BCUT2D eigenvalue weighted by Gasteiger charge is 2.09. The van der Waals surface area contributed by atoms with Crippen molar-refractivity contribution in [3.8, 4) is 0 Å². The Hall–Kier alpha value is -2.50. The highest BCUT2D eigenvalue weighted by molar-refractivity contribution is 5.86. The second-order valence-corrected chi connectivity index (χ2v) is 4.00. The van der Waals surface area contributed by atoms with Crippen LogP contribution in [0, 0.1) is 5.82 Å². The minimum absolute atomic E-state index is 0.305. The van der Waals surface area contributed by atoms with Gasteiger partial charge < -0.3 is 10.1 Å². The van der Waals surface area contributed by atoms with Crippen LogP contribution in [0.2, 0.25) is 0 Å². The molecule has 1 heterocycles. The first kappa shape index (κ1) is 12.9. The first-order valence-electron chi connectivity index (χ1n) is 5.62. The Balaban J connectivity index is 2.08. The number of nitrogens with zero attached hydrogens (tertiary/aromatic N) is 1. The molecular formula is C13H11FN2O3. The maximum absolute atomic E-state index is 12.7. The third kappa shape index (κ3) is 3.25. The molecular weight excluding hydrogens is 251 g/mol. The molecule has 0 unspecified atom stereocenters. The molecule has 0 saturated carbocycles. The quantitative estimate of drug-likeness (QED) is 0.872. The van der Waals surface area contributed by atoms with Crippen LogP contribution in [0.25, 0.3) is 0 Å². The maximum Gasteiger partial charge on any atom is 0.342 e. The first-order chi connectivity index (χ1) is 9.06. The summed E-state index contributed by atoms with van der Waals surface area (Å²) in [6.45, 7) is 0. The molecule has 0 aliphatic heterocycles. The average Bonchev–Trinajstić information content (AvgIpc) is 2.37. The predicted molar refractivity (Wildman–Crippen MR) is 65.6 cm³/mol. The lowest BCUT2D eigenvalue weighted by molar-refractivity contribution is 0.0694. The lowest BCUT2D eigenvalue weighted by Crippen LogP contribution is -2.20. The number of aromatic amines is 1. The Morgan fingerprint density at radius 1 is 1.26 bits per heavy atom. The summed E-state index contributed by atoms with van der Waals surface area (Å²) in [5.41, 5.74) is -0.145. The van der Waals surface area contributed by atoms with E-state index in [1.807, 2.05) is 0 Å². The molecule has 0 aliphatic rings. The van der Waals surface area contributed by atoms with Crippen LogP contribution < -0.4 is 5.56 Å². The second kappa shape index (κ2) is 5.43. The van der Waals surface area contributed by atoms with Crippen LogP contribution in [-0.2, 0) is 12.8 Å². The lowest BCUT2D eigenvalue weighted by Gasteiger charge is -2.02. The van der Waals surface area contributed by atoms with E-state index < -0.39 is 11.5 Å². The fraction of sp³-hybridized carbons (Fsp3) is 0.154. The van der Waals surface area contributed by atoms with Crippen LogP contribution in [0.4, 0.5) is 4.39 Å². The van der Waals surface area contributed by atoms with Gasteiger partial charge in [-0.1, -0.05) is 12.1 Å². The predicted octanol–water partition coefficient (Wildman–Crippen LogP) is 1.39. The van der Waals surface area contributed by atoms with E-state index in [4.69, 9.17) is 5.11 Å². The lowest BCUT2D eigenvalue weighted by atomic mass is 10.1. The molecule has 2 N–H and O–H groups in total. The summed E-state index contributed by atoms with van der Waals surface area (Å²) >= 11 is 0. The van der Waals surface area contributed by atoms with Crippen LogP contribution in [0.3, 0.4) is 0 Å². The third-order valence-corrected chi connectivity index (χ3v) is 2.65. The number of halogens is 1. The van der Waals surface area contributed by atoms with E-state index in [1.54, 1.807) is 12.1 Å². The average molecular weight is 262 g/mol. The van der Waals surface area contributed by atoms with Gasteiger partial charge in [0.15, 0.2) is 0 Å². The van der Waals surface area contributed by atoms with Crippen LogP contribution >= 0.6 is 0 Å². The molecule has 0 atom stereocenters. The number of aryl methyl sites for hydroxylation is 2. The summed E-state index contributed by atoms with van der Waals surface area (Å²) in [6.07, 6.45) is 2.07. The number of carboxylic acid groups (broad SMARTS) is 1. The van der Waals surface area contributed by atoms with E-state index in [-0.39, 0.29) is 11.4 Å². The molecule has 0 spiro atoms. The molecule has 0 fully saturated rings. The number of benzene rings is 1. The molecule has 19 heavy (non-hydrogen) atoms. The smallest absolute Gasteiger partial charge is 0.342 e. The first-order valence-corrected chi connectivity index (χ1v) is 5.62. The molecule has 2 rings (SSSR count). The fourth-order valence-electron chi connectivity index (χ4n) is 1.62. The van der Waals surface area contributed by atoms with E-state index in [1.165, 1.54) is 12.1 Å². The maximum atomic E-state index is 12.7. The molecule has 0 aliphatic carbocycles. The molecule has 98 valence electrons. The van der Waals surface area contributed by atoms with Gasteiger partial charge in [-0.3, -0.25) is 4.79 Å². The Labute approximate surface area is 107 Å². The van der Waals surface area contributed by atoms with E-state index in [9.17, 15) is 14.0 Å². The van der Waals surface area contributed by atoms with Crippen molar-refractivity contribution in [2.75, 3.05) is 0 Å². The van der Waals surface area contributed by atoms with Crippen molar-refractivity contribution in [2.24, 2.45) is 0 Å². The van der Waals surface area contributed by atoms with Crippen molar-refractivity contribution in [3.63, 3.8) is 0 Å². The van der Waals surface area contributed by atoms with Crippen LogP contribution in [0.5, 0.6) is 0 Å². The van der Waals surface area contributed by atoms with E-state index in [2.05, 4.69) is 9.97 Å². The number of carbonyl (C=O) groups is 1. The number of rotatable bonds is 4. The molecule has 6 heteroatoms. The van der Waals surface area contributed by atoms with Gasteiger partial charge in [-0.05, 0) is 24.1 Å². The number of aromatic carboxylic acids is 1. The molecule has 0 bridgehead atoms. The summed E-state index contributed by atoms with van der Waals surface area (Å²) in [5, 5.41) is 8.69. The van der Waals surface area contributed by atoms with Gasteiger partial charge in [-0.25, -0.2) is 14.2 Å². The van der Waals surface area contributed by atoms with E-state index in [0.717, 1.165) is 11.8 Å². The van der Waals surface area contributed by atoms with Gasteiger partial charge in [0.1, 0.15) is 17.2 Å². The van der Waals surface area contributed by atoms with Gasteiger partial charge in [-0.2, -0.15) is 0 Å². The number of nitrogens with one attached hydrogen (secondary N) is 1. The fourth-order valence-corrected chi connectivity index (χ4v) is 1.62. The van der Waals surface area contributed by atoms with Crippen LogP contribution in [0.1, 0.15) is 21.7 Å². The monoisotopic (exact) mass is 262 g/mol. The van der Waals surface area contributed by atoms with Gasteiger partial charge >= 0.3 is 5.97 Å². The SMILES string of the molecule is O=C(O)c1cnc(CCc2ccc(F)cc2)[nH]c1=O. The summed E-state index contributed by atoms with van der Waals surface area (Å²) in [7, 11) is 0. The highest BCUT2D eigenvalue weighted by Crippen LogP contribution is 2.05.